The van der Waals surface area contributed by atoms with Crippen molar-refractivity contribution in [2.45, 2.75) is 129 Å². The molecule has 0 aromatic rings. The molecule has 0 N–H and O–H groups in total. The second-order valence-corrected chi connectivity index (χ2v) is 11.8. The summed E-state index contributed by atoms with van der Waals surface area (Å²) < 4.78 is 25.4. The zero-order chi connectivity index (χ0) is 27.8. The first-order chi connectivity index (χ1) is 17.6. The van der Waals surface area contributed by atoms with Crippen LogP contribution < -0.4 is 68.9 Å². The molecule has 218 valence electrons. The third-order valence-electron chi connectivity index (χ3n) is 5.71. The molecule has 0 heterocycles. The quantitative estimate of drug-likeness (QED) is 0.0558. The van der Waals surface area contributed by atoms with E-state index < -0.39 is 32.5 Å². The average molecular weight is 613 g/mol. The van der Waals surface area contributed by atoms with E-state index in [1.54, 1.807) is 6.92 Å². The molecule has 0 aromatic carbocycles. The van der Waals surface area contributed by atoms with Crippen LogP contribution in [0.15, 0.2) is 0 Å². The van der Waals surface area contributed by atoms with E-state index in [0.29, 0.717) is 12.8 Å². The van der Waals surface area contributed by atoms with Crippen LogP contribution in [0.5, 0.6) is 0 Å². The van der Waals surface area contributed by atoms with Gasteiger partial charge in [0.15, 0.2) is 11.2 Å². The molecule has 0 aromatic heterocycles. The first kappa shape index (κ1) is 44.5. The van der Waals surface area contributed by atoms with E-state index in [2.05, 4.69) is 11.4 Å². The van der Waals surface area contributed by atoms with Crippen molar-refractivity contribution >= 4 is 36.6 Å². The standard InChI is InChI=1S/C26H49O9PS.2Na/c1-3-4-5-6-7-8-9-10-12-16-19-26(29)35-24(22-34-36(30,31)32)21-33-25(28)18-15-13-11-14-17-20-37-23(2)27;;/h24H,3-22H2,1-2H3,(H2,30,31,32);;/q;2*+1/p-2/t24-;;/m0../s1. The van der Waals surface area contributed by atoms with Crippen LogP contribution in [0.3, 0.4) is 0 Å². The van der Waals surface area contributed by atoms with Crippen LogP contribution in [0, 0.1) is 0 Å². The molecule has 0 spiro atoms. The van der Waals surface area contributed by atoms with Crippen molar-refractivity contribution in [3.63, 3.8) is 0 Å². The van der Waals surface area contributed by atoms with Crippen LogP contribution in [-0.4, -0.2) is 42.1 Å². The van der Waals surface area contributed by atoms with Gasteiger partial charge >= 0.3 is 71.1 Å². The van der Waals surface area contributed by atoms with E-state index in [9.17, 15) is 28.7 Å². The summed E-state index contributed by atoms with van der Waals surface area (Å²) in [7, 11) is -5.25. The Kier molecular flexibility index (Phi) is 34.8. The van der Waals surface area contributed by atoms with E-state index in [1.807, 2.05) is 0 Å². The van der Waals surface area contributed by atoms with Gasteiger partial charge in [-0.1, -0.05) is 95.7 Å². The zero-order valence-electron chi connectivity index (χ0n) is 24.7. The summed E-state index contributed by atoms with van der Waals surface area (Å²) in [5.74, 6) is -0.229. The maximum absolute atomic E-state index is 12.2. The minimum Gasteiger partial charge on any atom is -0.790 e. The maximum Gasteiger partial charge on any atom is 1.00 e. The average Bonchev–Trinajstić information content (AvgIpc) is 2.83. The van der Waals surface area contributed by atoms with Gasteiger partial charge in [-0.05, 0) is 19.3 Å². The number of rotatable bonds is 25. The Morgan fingerprint density at radius 3 is 1.67 bits per heavy atom. The number of carbonyl (C=O) groups is 3. The molecule has 0 rings (SSSR count). The second kappa shape index (κ2) is 30.5. The third-order valence-corrected chi connectivity index (χ3v) is 7.08. The zero-order valence-corrected chi connectivity index (χ0v) is 30.5. The molecule has 39 heavy (non-hydrogen) atoms. The topological polar surface area (TPSA) is 142 Å². The van der Waals surface area contributed by atoms with Crippen LogP contribution in [0.1, 0.15) is 123 Å². The van der Waals surface area contributed by atoms with Gasteiger partial charge in [-0.3, -0.25) is 14.4 Å². The monoisotopic (exact) mass is 612 g/mol. The van der Waals surface area contributed by atoms with Crippen molar-refractivity contribution in [1.82, 2.24) is 0 Å². The van der Waals surface area contributed by atoms with Gasteiger partial charge in [0.05, 0.1) is 14.4 Å². The second-order valence-electron chi connectivity index (χ2n) is 9.33. The Hall–Kier alpha value is 1.07. The number of hydrogen-bond acceptors (Lipinski definition) is 10. The van der Waals surface area contributed by atoms with Gasteiger partial charge < -0.3 is 28.3 Å². The minimum absolute atomic E-state index is 0. The van der Waals surface area contributed by atoms with Crippen molar-refractivity contribution in [2.24, 2.45) is 0 Å². The first-order valence-corrected chi connectivity index (χ1v) is 16.2. The summed E-state index contributed by atoms with van der Waals surface area (Å²) in [5, 5.41) is 0.115. The molecule has 0 aliphatic rings. The van der Waals surface area contributed by atoms with Crippen molar-refractivity contribution in [1.29, 1.82) is 0 Å². The number of thioether (sulfide) groups is 1. The normalized spacial score (nSPS) is 11.7. The smallest absolute Gasteiger partial charge is 0.790 e. The van der Waals surface area contributed by atoms with E-state index in [-0.39, 0.29) is 83.7 Å². The summed E-state index contributed by atoms with van der Waals surface area (Å²) in [6, 6.07) is 0. The fourth-order valence-electron chi connectivity index (χ4n) is 3.67. The third kappa shape index (κ3) is 35.2. The molecule has 0 unspecified atom stereocenters. The molecule has 0 fully saturated rings. The van der Waals surface area contributed by atoms with Crippen LogP contribution >= 0.6 is 19.6 Å². The summed E-state index contributed by atoms with van der Waals surface area (Å²) in [5.41, 5.74) is 0. The van der Waals surface area contributed by atoms with Gasteiger partial charge in [0.25, 0.3) is 0 Å². The summed E-state index contributed by atoms with van der Waals surface area (Å²) in [4.78, 5) is 56.6. The van der Waals surface area contributed by atoms with Gasteiger partial charge in [0.2, 0.25) is 0 Å². The number of carbonyl (C=O) groups excluding carboxylic acids is 3. The number of unbranched alkanes of at least 4 members (excludes halogenated alkanes) is 13. The van der Waals surface area contributed by atoms with Gasteiger partial charge in [0.1, 0.15) is 6.61 Å². The van der Waals surface area contributed by atoms with Crippen LogP contribution in [-0.2, 0) is 32.9 Å². The number of ether oxygens (including phenoxy) is 2. The molecule has 0 saturated heterocycles. The maximum atomic E-state index is 12.2. The van der Waals surface area contributed by atoms with Crippen molar-refractivity contribution in [3.8, 4) is 0 Å². The fourth-order valence-corrected chi connectivity index (χ4v) is 4.65. The molecule has 0 radical (unpaired) electrons. The molecule has 0 aliphatic carbocycles. The molecule has 9 nitrogen and oxygen atoms in total. The van der Waals surface area contributed by atoms with Gasteiger partial charge in [-0.15, -0.1) is 0 Å². The summed E-state index contributed by atoms with van der Waals surface area (Å²) in [6.45, 7) is 2.70. The molecular formula is C26H47Na2O9PS. The molecule has 13 heteroatoms. The molecule has 0 amide bonds. The van der Waals surface area contributed by atoms with E-state index in [1.165, 1.54) is 50.3 Å². The SMILES string of the molecule is CCCCCCCCCCCCC(=O)O[C@@H](COC(=O)CCCCCCCSC(C)=O)COP(=O)([O-])[O-].[Na+].[Na+]. The van der Waals surface area contributed by atoms with Gasteiger partial charge in [-0.25, -0.2) is 0 Å². The molecule has 1 atom stereocenters. The Balaban J connectivity index is -0.00000648. The van der Waals surface area contributed by atoms with E-state index in [0.717, 1.165) is 50.7 Å². The summed E-state index contributed by atoms with van der Waals surface area (Å²) >= 11 is 1.31. The van der Waals surface area contributed by atoms with Crippen LogP contribution in [0.25, 0.3) is 0 Å². The number of hydrogen-bond donors (Lipinski definition) is 0. The van der Waals surface area contributed by atoms with Crippen molar-refractivity contribution in [3.05, 3.63) is 0 Å². The Bertz CT molecular complexity index is 665. The molecule has 0 aliphatic heterocycles. The predicted molar refractivity (Wildman–Crippen MR) is 142 cm³/mol. The van der Waals surface area contributed by atoms with E-state index in [4.69, 9.17) is 9.47 Å². The van der Waals surface area contributed by atoms with Gasteiger partial charge in [0, 0.05) is 25.5 Å². The number of phosphoric ester groups is 1. The Morgan fingerprint density at radius 2 is 1.18 bits per heavy atom. The van der Waals surface area contributed by atoms with Crippen molar-refractivity contribution < 1.29 is 102 Å². The minimum atomic E-state index is -5.25. The first-order valence-electron chi connectivity index (χ1n) is 13.8. The summed E-state index contributed by atoms with van der Waals surface area (Å²) in [6.07, 6.45) is 14.8. The Labute approximate surface area is 284 Å². The Morgan fingerprint density at radius 1 is 0.718 bits per heavy atom. The van der Waals surface area contributed by atoms with Crippen LogP contribution in [0.2, 0.25) is 0 Å². The largest absolute Gasteiger partial charge is 1.00 e. The molecule has 0 saturated carbocycles. The van der Waals surface area contributed by atoms with Crippen LogP contribution in [0.4, 0.5) is 0 Å². The van der Waals surface area contributed by atoms with Crippen molar-refractivity contribution in [2.75, 3.05) is 19.0 Å². The molecule has 0 bridgehead atoms. The predicted octanol–water partition coefficient (Wildman–Crippen LogP) is -0.774. The number of esters is 2. The molecular weight excluding hydrogens is 565 g/mol. The van der Waals surface area contributed by atoms with E-state index >= 15 is 0 Å². The number of phosphoric acid groups is 1. The fraction of sp³-hybridized carbons (Fsp3) is 0.885. The van der Waals surface area contributed by atoms with Gasteiger partial charge in [-0.2, -0.15) is 0 Å².